The number of aliphatic hydroxyl groups excluding tert-OH is 1. The lowest BCUT2D eigenvalue weighted by atomic mass is 9.88. The molecule has 0 aromatic heterocycles. The third kappa shape index (κ3) is 2.09. The lowest BCUT2D eigenvalue weighted by Gasteiger charge is -2.16. The van der Waals surface area contributed by atoms with Gasteiger partial charge in [0.1, 0.15) is 0 Å². The summed E-state index contributed by atoms with van der Waals surface area (Å²) in [6, 6.07) is 34.8. The lowest BCUT2D eigenvalue weighted by molar-refractivity contribution is 0.283. The lowest BCUT2D eigenvalue weighted by Crippen LogP contribution is -2.04. The molecule has 1 N–H and O–H groups in total. The first-order chi connectivity index (χ1) is 15.4. The molecule has 0 unspecified atom stereocenters. The summed E-state index contributed by atoms with van der Waals surface area (Å²) in [4.78, 5) is 0. The van der Waals surface area contributed by atoms with Gasteiger partial charge in [-0.2, -0.15) is 0 Å². The Labute approximate surface area is 180 Å². The molecular weight excluding hydrogens is 376 g/mol. The second-order valence-electron chi connectivity index (χ2n) is 8.49. The Morgan fingerprint density at radius 2 is 0.710 bits per heavy atom. The molecule has 0 saturated carbocycles. The zero-order valence-corrected chi connectivity index (χ0v) is 17.0. The summed E-state index contributed by atoms with van der Waals surface area (Å²) in [5.41, 5.74) is 5.14. The molecule has 1 aliphatic carbocycles. The first-order valence-corrected chi connectivity index (χ1v) is 10.9. The average molecular weight is 396 g/mol. The summed E-state index contributed by atoms with van der Waals surface area (Å²) < 4.78 is 0. The second-order valence-corrected chi connectivity index (χ2v) is 8.49. The Balaban J connectivity index is 1.83. The zero-order valence-electron chi connectivity index (χ0n) is 17.0. The van der Waals surface area contributed by atoms with E-state index in [2.05, 4.69) is 97.1 Å². The van der Waals surface area contributed by atoms with Crippen molar-refractivity contribution >= 4 is 43.1 Å². The van der Waals surface area contributed by atoms with Crippen molar-refractivity contribution in [3.63, 3.8) is 0 Å². The molecule has 146 valence electrons. The van der Waals surface area contributed by atoms with Crippen molar-refractivity contribution in [1.82, 2.24) is 0 Å². The maximum Gasteiger partial charge on any atom is 0.0541 e. The van der Waals surface area contributed by atoms with Gasteiger partial charge in [-0.1, -0.05) is 97.1 Å². The molecule has 31 heavy (non-hydrogen) atoms. The number of rotatable bonds is 1. The van der Waals surface area contributed by atoms with Crippen LogP contribution in [0.3, 0.4) is 0 Å². The summed E-state index contributed by atoms with van der Waals surface area (Å²) in [6.45, 7) is 0.102. The molecule has 6 aromatic rings. The van der Waals surface area contributed by atoms with E-state index in [0.717, 1.165) is 0 Å². The van der Waals surface area contributed by atoms with Crippen LogP contribution in [-0.2, 0) is 0 Å². The molecule has 0 fully saturated rings. The summed E-state index contributed by atoms with van der Waals surface area (Å²) in [5.74, 6) is -0.0333. The van der Waals surface area contributed by atoms with Crippen LogP contribution >= 0.6 is 0 Å². The smallest absolute Gasteiger partial charge is 0.0541 e. The molecule has 0 aliphatic heterocycles. The minimum absolute atomic E-state index is 0.0333. The van der Waals surface area contributed by atoms with E-state index in [1.807, 2.05) is 0 Å². The van der Waals surface area contributed by atoms with E-state index in [4.69, 9.17) is 0 Å². The van der Waals surface area contributed by atoms with Gasteiger partial charge >= 0.3 is 0 Å². The molecule has 0 spiro atoms. The van der Waals surface area contributed by atoms with Crippen molar-refractivity contribution in [3.05, 3.63) is 108 Å². The van der Waals surface area contributed by atoms with Crippen molar-refractivity contribution < 1.29 is 5.11 Å². The van der Waals surface area contributed by atoms with Gasteiger partial charge in [0, 0.05) is 5.92 Å². The van der Waals surface area contributed by atoms with Gasteiger partial charge in [0.15, 0.2) is 0 Å². The molecule has 1 aliphatic rings. The van der Waals surface area contributed by atoms with Crippen LogP contribution in [0.25, 0.3) is 54.2 Å². The zero-order chi connectivity index (χ0) is 20.5. The van der Waals surface area contributed by atoms with E-state index < -0.39 is 0 Å². The Kier molecular flexibility index (Phi) is 3.39. The molecule has 6 aromatic carbocycles. The van der Waals surface area contributed by atoms with E-state index >= 15 is 0 Å². The standard InChI is InChI=1S/C30H20O/c31-17-26-27-22-13-5-1-9-18(22)20-11-3-7-15-24(20)29(27)30-25-16-8-4-12-21(25)19-10-2-6-14-23(19)28(26)30/h1-16,26,31H,17H2. The number of aliphatic hydroxyl groups is 1. The fourth-order valence-corrected chi connectivity index (χ4v) is 5.93. The van der Waals surface area contributed by atoms with Crippen LogP contribution in [0.4, 0.5) is 0 Å². The third-order valence-electron chi connectivity index (χ3n) is 7.08. The van der Waals surface area contributed by atoms with Gasteiger partial charge in [0.25, 0.3) is 0 Å². The summed E-state index contributed by atoms with van der Waals surface area (Å²) in [6.07, 6.45) is 0. The topological polar surface area (TPSA) is 20.2 Å². The van der Waals surface area contributed by atoms with Crippen molar-refractivity contribution in [1.29, 1.82) is 0 Å². The monoisotopic (exact) mass is 396 g/mol. The van der Waals surface area contributed by atoms with Gasteiger partial charge in [-0.3, -0.25) is 0 Å². The summed E-state index contributed by atoms with van der Waals surface area (Å²) in [7, 11) is 0. The van der Waals surface area contributed by atoms with Crippen molar-refractivity contribution in [2.45, 2.75) is 5.92 Å². The highest BCUT2D eigenvalue weighted by molar-refractivity contribution is 6.25. The maximum atomic E-state index is 10.7. The molecular formula is C30H20O. The van der Waals surface area contributed by atoms with Crippen LogP contribution in [0.15, 0.2) is 97.1 Å². The van der Waals surface area contributed by atoms with E-state index in [-0.39, 0.29) is 12.5 Å². The van der Waals surface area contributed by atoms with Gasteiger partial charge in [0.2, 0.25) is 0 Å². The van der Waals surface area contributed by atoms with E-state index in [0.29, 0.717) is 0 Å². The molecule has 1 heteroatoms. The SMILES string of the molecule is OCC1c2c(c3ccccc3c3ccccc23)-c2c1c1ccccc1c1ccccc21. The van der Waals surface area contributed by atoms with E-state index in [1.54, 1.807) is 0 Å². The van der Waals surface area contributed by atoms with Crippen molar-refractivity contribution in [2.24, 2.45) is 0 Å². The van der Waals surface area contributed by atoms with Crippen LogP contribution in [0, 0.1) is 0 Å². The number of hydrogen-bond acceptors (Lipinski definition) is 1. The molecule has 0 radical (unpaired) electrons. The molecule has 7 rings (SSSR count). The van der Waals surface area contributed by atoms with Gasteiger partial charge in [0.05, 0.1) is 6.61 Å². The summed E-state index contributed by atoms with van der Waals surface area (Å²) >= 11 is 0. The van der Waals surface area contributed by atoms with Gasteiger partial charge in [-0.05, 0) is 65.3 Å². The largest absolute Gasteiger partial charge is 0.395 e. The Morgan fingerprint density at radius 3 is 1.06 bits per heavy atom. The Morgan fingerprint density at radius 1 is 0.419 bits per heavy atom. The van der Waals surface area contributed by atoms with Crippen LogP contribution in [0.5, 0.6) is 0 Å². The van der Waals surface area contributed by atoms with Crippen LogP contribution in [0.2, 0.25) is 0 Å². The molecule has 0 amide bonds. The molecule has 0 saturated heterocycles. The fraction of sp³-hybridized carbons (Fsp3) is 0.0667. The third-order valence-corrected chi connectivity index (χ3v) is 7.08. The van der Waals surface area contributed by atoms with E-state index in [9.17, 15) is 5.11 Å². The van der Waals surface area contributed by atoms with E-state index in [1.165, 1.54) is 65.3 Å². The van der Waals surface area contributed by atoms with Gasteiger partial charge in [-0.15, -0.1) is 0 Å². The van der Waals surface area contributed by atoms with Crippen LogP contribution in [0.1, 0.15) is 17.0 Å². The van der Waals surface area contributed by atoms with Crippen LogP contribution < -0.4 is 0 Å². The summed E-state index contributed by atoms with van der Waals surface area (Å²) in [5, 5.41) is 20.8. The molecule has 0 atom stereocenters. The minimum Gasteiger partial charge on any atom is -0.395 e. The predicted molar refractivity (Wildman–Crippen MR) is 131 cm³/mol. The number of benzene rings is 6. The fourth-order valence-electron chi connectivity index (χ4n) is 5.93. The first-order valence-electron chi connectivity index (χ1n) is 10.9. The number of hydrogen-bond donors (Lipinski definition) is 1. The quantitative estimate of drug-likeness (QED) is 0.287. The average Bonchev–Trinajstić information content (AvgIpc) is 3.20. The van der Waals surface area contributed by atoms with Gasteiger partial charge in [-0.25, -0.2) is 0 Å². The number of fused-ring (bicyclic) bond motifs is 13. The minimum atomic E-state index is -0.0333. The normalized spacial score (nSPS) is 13.3. The first kappa shape index (κ1) is 17.0. The highest BCUT2D eigenvalue weighted by atomic mass is 16.3. The second kappa shape index (κ2) is 6.16. The predicted octanol–water partition coefficient (Wildman–Crippen LogP) is 7.40. The van der Waals surface area contributed by atoms with Crippen molar-refractivity contribution in [2.75, 3.05) is 6.61 Å². The Bertz CT molecular complexity index is 1550. The molecule has 1 nitrogen and oxygen atoms in total. The highest BCUT2D eigenvalue weighted by Crippen LogP contribution is 2.56. The van der Waals surface area contributed by atoms with Crippen molar-refractivity contribution in [3.8, 4) is 11.1 Å². The molecule has 0 bridgehead atoms. The highest BCUT2D eigenvalue weighted by Gasteiger charge is 2.35. The maximum absolute atomic E-state index is 10.7. The Hall–Kier alpha value is -3.68. The van der Waals surface area contributed by atoms with Gasteiger partial charge < -0.3 is 5.11 Å². The van der Waals surface area contributed by atoms with Crippen LogP contribution in [-0.4, -0.2) is 11.7 Å². The molecule has 0 heterocycles.